The molecule has 1 N–H and O–H groups in total. The van der Waals surface area contributed by atoms with Crippen molar-refractivity contribution in [1.82, 2.24) is 0 Å². The first-order valence-corrected chi connectivity index (χ1v) is 7.85. The molecule has 1 aliphatic rings. The SMILES string of the molecule is Cc1ccc(C)c(NC(=O)CC2C=CS(=O)(=O)C2)c1. The number of rotatable bonds is 3. The third-order valence-corrected chi connectivity index (χ3v) is 4.58. The van der Waals surface area contributed by atoms with E-state index in [-0.39, 0.29) is 24.0 Å². The summed E-state index contributed by atoms with van der Waals surface area (Å²) in [5.41, 5.74) is 2.85. The second kappa shape index (κ2) is 5.17. The Morgan fingerprint density at radius 3 is 2.74 bits per heavy atom. The zero-order chi connectivity index (χ0) is 14.0. The number of carbonyl (C=O) groups is 1. The minimum absolute atomic E-state index is 0.0349. The molecule has 0 aromatic heterocycles. The van der Waals surface area contributed by atoms with Crippen molar-refractivity contribution in [1.29, 1.82) is 0 Å². The second-order valence-corrected chi connectivity index (χ2v) is 6.92. The van der Waals surface area contributed by atoms with E-state index in [1.54, 1.807) is 6.08 Å². The molecule has 1 unspecified atom stereocenters. The summed E-state index contributed by atoms with van der Waals surface area (Å²) in [6, 6.07) is 5.84. The van der Waals surface area contributed by atoms with E-state index in [9.17, 15) is 13.2 Å². The molecule has 4 nitrogen and oxygen atoms in total. The van der Waals surface area contributed by atoms with E-state index in [0.717, 1.165) is 16.8 Å². The molecule has 1 aliphatic heterocycles. The Labute approximate surface area is 113 Å². The van der Waals surface area contributed by atoms with Crippen LogP contribution in [0.15, 0.2) is 29.7 Å². The average Bonchev–Trinajstić information content (AvgIpc) is 2.63. The number of anilines is 1. The molecule has 0 saturated carbocycles. The molecule has 0 saturated heterocycles. The number of hydrogen-bond acceptors (Lipinski definition) is 3. The lowest BCUT2D eigenvalue weighted by molar-refractivity contribution is -0.116. The van der Waals surface area contributed by atoms with Gasteiger partial charge in [-0.15, -0.1) is 0 Å². The van der Waals surface area contributed by atoms with E-state index in [2.05, 4.69) is 5.32 Å². The quantitative estimate of drug-likeness (QED) is 0.922. The zero-order valence-electron chi connectivity index (χ0n) is 11.0. The largest absolute Gasteiger partial charge is 0.326 e. The monoisotopic (exact) mass is 279 g/mol. The molecule has 1 aromatic carbocycles. The van der Waals surface area contributed by atoms with E-state index in [1.165, 1.54) is 5.41 Å². The Bertz CT molecular complexity index is 632. The highest BCUT2D eigenvalue weighted by Crippen LogP contribution is 2.21. The predicted molar refractivity (Wildman–Crippen MR) is 75.6 cm³/mol. The number of sulfone groups is 1. The Balaban J connectivity index is 1.99. The fourth-order valence-electron chi connectivity index (χ4n) is 2.08. The number of aryl methyl sites for hydroxylation is 2. The van der Waals surface area contributed by atoms with Crippen molar-refractivity contribution in [3.8, 4) is 0 Å². The van der Waals surface area contributed by atoms with Gasteiger partial charge in [0.15, 0.2) is 9.84 Å². The van der Waals surface area contributed by atoms with Crippen molar-refractivity contribution in [3.63, 3.8) is 0 Å². The third-order valence-electron chi connectivity index (χ3n) is 3.12. The smallest absolute Gasteiger partial charge is 0.225 e. The van der Waals surface area contributed by atoms with Gasteiger partial charge in [0.2, 0.25) is 5.91 Å². The summed E-state index contributed by atoms with van der Waals surface area (Å²) in [7, 11) is -3.09. The van der Waals surface area contributed by atoms with Gasteiger partial charge in [0.05, 0.1) is 5.75 Å². The van der Waals surface area contributed by atoms with Gasteiger partial charge in [-0.3, -0.25) is 4.79 Å². The van der Waals surface area contributed by atoms with Crippen molar-refractivity contribution in [2.24, 2.45) is 5.92 Å². The molecular formula is C14H17NO3S. The van der Waals surface area contributed by atoms with E-state index < -0.39 is 9.84 Å². The molecule has 5 heteroatoms. The first kappa shape index (κ1) is 13.8. The lowest BCUT2D eigenvalue weighted by Crippen LogP contribution is -2.18. The predicted octanol–water partition coefficient (Wildman–Crippen LogP) is 2.19. The fourth-order valence-corrected chi connectivity index (χ4v) is 3.48. The first-order chi connectivity index (χ1) is 8.85. The van der Waals surface area contributed by atoms with E-state index >= 15 is 0 Å². The van der Waals surface area contributed by atoms with Gasteiger partial charge in [0.25, 0.3) is 0 Å². The van der Waals surface area contributed by atoms with Crippen molar-refractivity contribution >= 4 is 21.4 Å². The Hall–Kier alpha value is -1.62. The van der Waals surface area contributed by atoms with Crippen LogP contribution in [0.5, 0.6) is 0 Å². The van der Waals surface area contributed by atoms with Crippen molar-refractivity contribution in [2.75, 3.05) is 11.1 Å². The minimum Gasteiger partial charge on any atom is -0.326 e. The lowest BCUT2D eigenvalue weighted by Gasteiger charge is -2.11. The summed E-state index contributed by atoms with van der Waals surface area (Å²) in [5, 5.41) is 4.03. The molecule has 1 aromatic rings. The third kappa shape index (κ3) is 3.67. The molecule has 0 spiro atoms. The molecule has 2 rings (SSSR count). The van der Waals surface area contributed by atoms with Crippen LogP contribution in [-0.2, 0) is 14.6 Å². The van der Waals surface area contributed by atoms with E-state index in [1.807, 2.05) is 32.0 Å². The maximum Gasteiger partial charge on any atom is 0.225 e. The Morgan fingerprint density at radius 1 is 1.37 bits per heavy atom. The van der Waals surface area contributed by atoms with Crippen LogP contribution >= 0.6 is 0 Å². The molecule has 1 atom stereocenters. The van der Waals surface area contributed by atoms with Gasteiger partial charge < -0.3 is 5.32 Å². The van der Waals surface area contributed by atoms with Gasteiger partial charge in [-0.1, -0.05) is 18.2 Å². The summed E-state index contributed by atoms with van der Waals surface area (Å²) < 4.78 is 22.5. The average molecular weight is 279 g/mol. The first-order valence-electron chi connectivity index (χ1n) is 6.14. The Kier molecular flexibility index (Phi) is 3.75. The van der Waals surface area contributed by atoms with Crippen LogP contribution in [-0.4, -0.2) is 20.1 Å². The summed E-state index contributed by atoms with van der Waals surface area (Å²) in [6.07, 6.45) is 1.79. The molecule has 0 bridgehead atoms. The summed E-state index contributed by atoms with van der Waals surface area (Å²) in [4.78, 5) is 11.9. The van der Waals surface area contributed by atoms with Crippen molar-refractivity contribution in [3.05, 3.63) is 40.8 Å². The number of amides is 1. The van der Waals surface area contributed by atoms with E-state index in [0.29, 0.717) is 0 Å². The fraction of sp³-hybridized carbons (Fsp3) is 0.357. The summed E-state index contributed by atoms with van der Waals surface area (Å²) >= 11 is 0. The number of carbonyl (C=O) groups excluding carboxylic acids is 1. The minimum atomic E-state index is -3.09. The molecular weight excluding hydrogens is 262 g/mol. The highest BCUT2D eigenvalue weighted by molar-refractivity contribution is 7.94. The van der Waals surface area contributed by atoms with Crippen LogP contribution in [0.1, 0.15) is 17.5 Å². The molecule has 0 fully saturated rings. The highest BCUT2D eigenvalue weighted by Gasteiger charge is 2.23. The van der Waals surface area contributed by atoms with Gasteiger partial charge in [-0.05, 0) is 31.0 Å². The Morgan fingerprint density at radius 2 is 2.11 bits per heavy atom. The molecule has 1 heterocycles. The van der Waals surface area contributed by atoms with Crippen molar-refractivity contribution in [2.45, 2.75) is 20.3 Å². The molecule has 102 valence electrons. The van der Waals surface area contributed by atoms with Gasteiger partial charge in [-0.25, -0.2) is 8.42 Å². The molecule has 19 heavy (non-hydrogen) atoms. The number of allylic oxidation sites excluding steroid dienone is 1. The maximum atomic E-state index is 11.9. The molecule has 0 radical (unpaired) electrons. The van der Waals surface area contributed by atoms with Gasteiger partial charge in [-0.2, -0.15) is 0 Å². The van der Waals surface area contributed by atoms with Gasteiger partial charge >= 0.3 is 0 Å². The summed E-state index contributed by atoms with van der Waals surface area (Å²) in [5.74, 6) is -0.330. The van der Waals surface area contributed by atoms with Gasteiger partial charge in [0, 0.05) is 23.4 Å². The van der Waals surface area contributed by atoms with Gasteiger partial charge in [0.1, 0.15) is 0 Å². The van der Waals surface area contributed by atoms with Crippen LogP contribution < -0.4 is 5.32 Å². The van der Waals surface area contributed by atoms with E-state index in [4.69, 9.17) is 0 Å². The standard InChI is InChI=1S/C14H17NO3S/c1-10-3-4-11(2)13(7-10)15-14(16)8-12-5-6-19(17,18)9-12/h3-7,12H,8-9H2,1-2H3,(H,15,16). The zero-order valence-corrected chi connectivity index (χ0v) is 11.8. The topological polar surface area (TPSA) is 63.2 Å². The lowest BCUT2D eigenvalue weighted by atomic mass is 10.1. The molecule has 1 amide bonds. The molecule has 0 aliphatic carbocycles. The van der Waals surface area contributed by atoms with Crippen LogP contribution in [0.25, 0.3) is 0 Å². The maximum absolute atomic E-state index is 11.9. The van der Waals surface area contributed by atoms with Crippen LogP contribution in [0.3, 0.4) is 0 Å². The van der Waals surface area contributed by atoms with Crippen LogP contribution in [0.4, 0.5) is 5.69 Å². The van der Waals surface area contributed by atoms with Crippen LogP contribution in [0.2, 0.25) is 0 Å². The van der Waals surface area contributed by atoms with Crippen LogP contribution in [0, 0.1) is 19.8 Å². The van der Waals surface area contributed by atoms with Crippen molar-refractivity contribution < 1.29 is 13.2 Å². The second-order valence-electron chi connectivity index (χ2n) is 4.99. The normalized spacial score (nSPS) is 20.4. The summed E-state index contributed by atoms with van der Waals surface area (Å²) in [6.45, 7) is 3.89. The number of nitrogens with one attached hydrogen (secondary N) is 1. The number of benzene rings is 1. The number of hydrogen-bond donors (Lipinski definition) is 1. The highest BCUT2D eigenvalue weighted by atomic mass is 32.2.